The number of benzene rings is 1. The summed E-state index contributed by atoms with van der Waals surface area (Å²) in [6.07, 6.45) is 0. The molecular formula is C17H16O5S. The predicted molar refractivity (Wildman–Crippen MR) is 85.8 cm³/mol. The summed E-state index contributed by atoms with van der Waals surface area (Å²) in [5.41, 5.74) is 0.947. The van der Waals surface area contributed by atoms with E-state index in [1.54, 1.807) is 29.5 Å². The summed E-state index contributed by atoms with van der Waals surface area (Å²) >= 11 is 1.55. The quantitative estimate of drug-likeness (QED) is 0.636. The van der Waals surface area contributed by atoms with Gasteiger partial charge in [0, 0.05) is 15.3 Å². The average molecular weight is 332 g/mol. The van der Waals surface area contributed by atoms with Crippen LogP contribution in [0, 0.1) is 13.8 Å². The van der Waals surface area contributed by atoms with Gasteiger partial charge in [-0.25, -0.2) is 4.79 Å². The molecule has 0 amide bonds. The van der Waals surface area contributed by atoms with Gasteiger partial charge < -0.3 is 14.2 Å². The Morgan fingerprint density at radius 2 is 1.87 bits per heavy atom. The summed E-state index contributed by atoms with van der Waals surface area (Å²) in [6, 6.07) is 6.65. The van der Waals surface area contributed by atoms with Crippen LogP contribution in [-0.4, -0.2) is 31.6 Å². The molecular weight excluding hydrogens is 316 g/mol. The average Bonchev–Trinajstić information content (AvgIpc) is 2.90. The van der Waals surface area contributed by atoms with E-state index in [4.69, 9.17) is 14.2 Å². The van der Waals surface area contributed by atoms with Crippen LogP contribution in [0.3, 0.4) is 0 Å². The van der Waals surface area contributed by atoms with Crippen LogP contribution >= 0.6 is 11.3 Å². The normalized spacial score (nSPS) is 12.8. The highest BCUT2D eigenvalue weighted by molar-refractivity contribution is 7.12. The smallest absolute Gasteiger partial charge is 0.338 e. The zero-order valence-electron chi connectivity index (χ0n) is 12.9. The number of thiophene rings is 1. The van der Waals surface area contributed by atoms with Crippen LogP contribution in [0.25, 0.3) is 0 Å². The van der Waals surface area contributed by atoms with E-state index in [2.05, 4.69) is 0 Å². The fourth-order valence-electron chi connectivity index (χ4n) is 2.37. The molecule has 3 rings (SSSR count). The van der Waals surface area contributed by atoms with Gasteiger partial charge in [0.2, 0.25) is 5.78 Å². The summed E-state index contributed by atoms with van der Waals surface area (Å²) in [5.74, 6) is 0.368. The molecule has 0 saturated heterocycles. The van der Waals surface area contributed by atoms with Gasteiger partial charge in [0.05, 0.1) is 5.56 Å². The van der Waals surface area contributed by atoms with Crippen molar-refractivity contribution < 1.29 is 23.8 Å². The highest BCUT2D eigenvalue weighted by Crippen LogP contribution is 2.31. The molecule has 1 aliphatic heterocycles. The van der Waals surface area contributed by atoms with Gasteiger partial charge in [0.25, 0.3) is 0 Å². The molecule has 1 aromatic heterocycles. The number of ether oxygens (including phenoxy) is 3. The lowest BCUT2D eigenvalue weighted by Gasteiger charge is -2.18. The van der Waals surface area contributed by atoms with Crippen molar-refractivity contribution in [1.82, 2.24) is 0 Å². The van der Waals surface area contributed by atoms with Gasteiger partial charge in [-0.15, -0.1) is 11.3 Å². The van der Waals surface area contributed by atoms with E-state index in [0.717, 1.165) is 9.75 Å². The van der Waals surface area contributed by atoms with Crippen molar-refractivity contribution in [3.05, 3.63) is 45.1 Å². The number of rotatable bonds is 4. The first kappa shape index (κ1) is 15.6. The SMILES string of the molecule is Cc1cc(C(=O)COC(=O)c2ccc3c(c2)OCCO3)c(C)s1. The number of esters is 1. The largest absolute Gasteiger partial charge is 0.486 e. The predicted octanol–water partition coefficient (Wildman–Crippen LogP) is 3.18. The second-order valence-corrected chi connectivity index (χ2v) is 6.65. The lowest BCUT2D eigenvalue weighted by Crippen LogP contribution is -2.17. The molecule has 1 aliphatic rings. The summed E-state index contributed by atoms with van der Waals surface area (Å²) < 4.78 is 15.9. The number of fused-ring (bicyclic) bond motifs is 1. The molecule has 0 radical (unpaired) electrons. The Hall–Kier alpha value is -2.34. The Morgan fingerprint density at radius 1 is 1.13 bits per heavy atom. The number of carbonyl (C=O) groups excluding carboxylic acids is 2. The summed E-state index contributed by atoms with van der Waals surface area (Å²) in [6.45, 7) is 4.49. The Morgan fingerprint density at radius 3 is 2.57 bits per heavy atom. The summed E-state index contributed by atoms with van der Waals surface area (Å²) in [5, 5.41) is 0. The molecule has 6 heteroatoms. The van der Waals surface area contributed by atoms with Crippen molar-refractivity contribution >= 4 is 23.1 Å². The topological polar surface area (TPSA) is 61.8 Å². The molecule has 2 aromatic rings. The van der Waals surface area contributed by atoms with Gasteiger partial charge in [-0.05, 0) is 38.1 Å². The summed E-state index contributed by atoms with van der Waals surface area (Å²) in [7, 11) is 0. The number of ketones is 1. The molecule has 1 aromatic carbocycles. The fourth-order valence-corrected chi connectivity index (χ4v) is 3.31. The van der Waals surface area contributed by atoms with E-state index in [0.29, 0.717) is 35.8 Å². The minimum Gasteiger partial charge on any atom is -0.486 e. The number of aryl methyl sites for hydroxylation is 2. The van der Waals surface area contributed by atoms with E-state index in [1.807, 2.05) is 19.9 Å². The maximum Gasteiger partial charge on any atom is 0.338 e. The van der Waals surface area contributed by atoms with Gasteiger partial charge in [-0.1, -0.05) is 0 Å². The Kier molecular flexibility index (Phi) is 4.34. The number of Topliss-reactive ketones (excluding diaryl/α,β-unsaturated/α-hetero) is 1. The molecule has 23 heavy (non-hydrogen) atoms. The molecule has 2 heterocycles. The third-order valence-corrected chi connectivity index (χ3v) is 4.42. The second kappa shape index (κ2) is 6.42. The highest BCUT2D eigenvalue weighted by Gasteiger charge is 2.18. The van der Waals surface area contributed by atoms with E-state index in [1.165, 1.54) is 0 Å². The molecule has 0 fully saturated rings. The lowest BCUT2D eigenvalue weighted by atomic mass is 10.1. The minimum absolute atomic E-state index is 0.197. The van der Waals surface area contributed by atoms with E-state index >= 15 is 0 Å². The molecule has 0 N–H and O–H groups in total. The fraction of sp³-hybridized carbons (Fsp3) is 0.294. The van der Waals surface area contributed by atoms with Crippen molar-refractivity contribution in [2.45, 2.75) is 13.8 Å². The minimum atomic E-state index is -0.556. The Balaban J connectivity index is 1.65. The van der Waals surface area contributed by atoms with Gasteiger partial charge in [0.15, 0.2) is 18.1 Å². The third-order valence-electron chi connectivity index (χ3n) is 3.45. The van der Waals surface area contributed by atoms with E-state index < -0.39 is 5.97 Å². The first-order valence-corrected chi connectivity index (χ1v) is 8.03. The molecule has 0 atom stereocenters. The van der Waals surface area contributed by atoms with Crippen molar-refractivity contribution in [3.8, 4) is 11.5 Å². The number of carbonyl (C=O) groups is 2. The van der Waals surface area contributed by atoms with Gasteiger partial charge in [-0.3, -0.25) is 4.79 Å². The molecule has 0 bridgehead atoms. The second-order valence-electron chi connectivity index (χ2n) is 5.18. The van der Waals surface area contributed by atoms with Crippen LogP contribution in [0.1, 0.15) is 30.5 Å². The third kappa shape index (κ3) is 3.37. The molecule has 0 unspecified atom stereocenters. The standard InChI is InChI=1S/C17H16O5S/c1-10-7-13(11(2)23-10)14(18)9-22-17(19)12-3-4-15-16(8-12)21-6-5-20-15/h3-4,7-8H,5-6,9H2,1-2H3. The van der Waals surface area contributed by atoms with Crippen LogP contribution in [0.4, 0.5) is 0 Å². The monoisotopic (exact) mass is 332 g/mol. The number of hydrogen-bond donors (Lipinski definition) is 0. The maximum atomic E-state index is 12.1. The van der Waals surface area contributed by atoms with Crippen molar-refractivity contribution in [3.63, 3.8) is 0 Å². The Labute approximate surface area is 137 Å². The van der Waals surface area contributed by atoms with Gasteiger partial charge in [-0.2, -0.15) is 0 Å². The van der Waals surface area contributed by atoms with Crippen LogP contribution in [0.2, 0.25) is 0 Å². The van der Waals surface area contributed by atoms with E-state index in [9.17, 15) is 9.59 Å². The molecule has 5 nitrogen and oxygen atoms in total. The lowest BCUT2D eigenvalue weighted by molar-refractivity contribution is 0.0474. The zero-order chi connectivity index (χ0) is 16.4. The van der Waals surface area contributed by atoms with Crippen LogP contribution in [-0.2, 0) is 4.74 Å². The van der Waals surface area contributed by atoms with Crippen LogP contribution in [0.5, 0.6) is 11.5 Å². The Bertz CT molecular complexity index is 762. The van der Waals surface area contributed by atoms with Crippen molar-refractivity contribution in [2.75, 3.05) is 19.8 Å². The number of hydrogen-bond acceptors (Lipinski definition) is 6. The molecule has 0 spiro atoms. The highest BCUT2D eigenvalue weighted by atomic mass is 32.1. The van der Waals surface area contributed by atoms with Gasteiger partial charge in [0.1, 0.15) is 13.2 Å². The molecule has 0 aliphatic carbocycles. The maximum absolute atomic E-state index is 12.1. The van der Waals surface area contributed by atoms with Crippen molar-refractivity contribution in [1.29, 1.82) is 0 Å². The van der Waals surface area contributed by atoms with Crippen molar-refractivity contribution in [2.24, 2.45) is 0 Å². The zero-order valence-corrected chi connectivity index (χ0v) is 13.7. The first-order valence-electron chi connectivity index (χ1n) is 7.21. The van der Waals surface area contributed by atoms with Crippen LogP contribution in [0.15, 0.2) is 24.3 Å². The van der Waals surface area contributed by atoms with E-state index in [-0.39, 0.29) is 12.4 Å². The summed E-state index contributed by atoms with van der Waals surface area (Å²) in [4.78, 5) is 26.2. The van der Waals surface area contributed by atoms with Gasteiger partial charge >= 0.3 is 5.97 Å². The first-order chi connectivity index (χ1) is 11.0. The molecule has 120 valence electrons. The molecule has 0 saturated carbocycles. The van der Waals surface area contributed by atoms with Crippen LogP contribution < -0.4 is 9.47 Å².